The van der Waals surface area contributed by atoms with Crippen molar-refractivity contribution < 1.29 is 52.4 Å². The van der Waals surface area contributed by atoms with Crippen LogP contribution in [0, 0.1) is 0 Å². The van der Waals surface area contributed by atoms with Gasteiger partial charge in [-0.1, -0.05) is 96.5 Å². The van der Waals surface area contributed by atoms with E-state index in [1.165, 1.54) is 83.1 Å². The molecule has 0 spiro atoms. The molecule has 184 valence electrons. The molecule has 1 aromatic rings. The van der Waals surface area contributed by atoms with Crippen LogP contribution in [0.1, 0.15) is 113 Å². The van der Waals surface area contributed by atoms with Crippen LogP contribution >= 0.6 is 0 Å². The average Bonchev–Trinajstić information content (AvgIpc) is 2.74. The van der Waals surface area contributed by atoms with Crippen LogP contribution in [0.3, 0.4) is 0 Å². The number of unbranched alkanes of at least 4 members (excludes halogenated alkanes) is 13. The van der Waals surface area contributed by atoms with Gasteiger partial charge in [-0.15, -0.1) is 0 Å². The van der Waals surface area contributed by atoms with E-state index in [-0.39, 0.29) is 41.5 Å². The molecule has 0 aliphatic carbocycles. The number of nitrogens with one attached hydrogen (secondary N) is 1. The first-order valence-corrected chi connectivity index (χ1v) is 14.0. The quantitative estimate of drug-likeness (QED) is 0.165. The van der Waals surface area contributed by atoms with Crippen molar-refractivity contribution in [1.82, 2.24) is 0 Å². The number of carbonyl (C=O) groups excluding carboxylic acids is 1. The Hall–Kier alpha value is -0.600. The summed E-state index contributed by atoms with van der Waals surface area (Å²) in [6, 6.07) is 4.70. The Morgan fingerprint density at radius 3 is 1.82 bits per heavy atom. The van der Waals surface area contributed by atoms with Gasteiger partial charge in [-0.05, 0) is 30.5 Å². The molecular formula is C25H42NNaO5S. The third-order valence-corrected chi connectivity index (χ3v) is 6.53. The van der Waals surface area contributed by atoms with Gasteiger partial charge in [-0.2, -0.15) is 8.42 Å². The van der Waals surface area contributed by atoms with Crippen LogP contribution in [0.25, 0.3) is 0 Å². The molecule has 8 heteroatoms. The summed E-state index contributed by atoms with van der Waals surface area (Å²) in [5.74, 6) is -1.87. The second-order valence-electron chi connectivity index (χ2n) is 8.72. The molecule has 0 heterocycles. The molecule has 0 aromatic heterocycles. The first-order chi connectivity index (χ1) is 15.3. The normalized spacial score (nSPS) is 11.2. The van der Waals surface area contributed by atoms with Crippen molar-refractivity contribution in [3.63, 3.8) is 0 Å². The predicted octanol–water partition coefficient (Wildman–Crippen LogP) is 2.38. The van der Waals surface area contributed by atoms with Crippen molar-refractivity contribution in [2.24, 2.45) is 0 Å². The van der Waals surface area contributed by atoms with Crippen molar-refractivity contribution in [2.45, 2.75) is 103 Å². The fourth-order valence-electron chi connectivity index (χ4n) is 3.90. The molecular weight excluding hydrogens is 449 g/mol. The minimum absolute atomic E-state index is 0. The van der Waals surface area contributed by atoms with E-state index in [1.54, 1.807) is 12.1 Å². The maximum atomic E-state index is 11.2. The zero-order valence-electron chi connectivity index (χ0n) is 20.7. The molecule has 0 saturated carbocycles. The number of hydrogen-bond donors (Lipinski definition) is 2. The van der Waals surface area contributed by atoms with Gasteiger partial charge in [0.15, 0.2) is 0 Å². The molecule has 1 rings (SSSR count). The number of anilines is 1. The van der Waals surface area contributed by atoms with Gasteiger partial charge in [0.1, 0.15) is 0 Å². The summed E-state index contributed by atoms with van der Waals surface area (Å²) in [5.41, 5.74) is 1.04. The third kappa shape index (κ3) is 17.5. The zero-order chi connectivity index (χ0) is 23.7. The summed E-state index contributed by atoms with van der Waals surface area (Å²) >= 11 is 0. The molecule has 0 aliphatic rings. The van der Waals surface area contributed by atoms with Crippen LogP contribution in [0.15, 0.2) is 18.2 Å². The minimum Gasteiger partial charge on any atom is -0.545 e. The van der Waals surface area contributed by atoms with Crippen molar-refractivity contribution in [3.05, 3.63) is 29.3 Å². The fraction of sp³-hybridized carbons (Fsp3) is 0.720. The molecule has 1 aromatic carbocycles. The second-order valence-corrected chi connectivity index (χ2v) is 10.3. The Bertz CT molecular complexity index is 755. The van der Waals surface area contributed by atoms with Gasteiger partial charge >= 0.3 is 29.6 Å². The topological polar surface area (TPSA) is 107 Å². The van der Waals surface area contributed by atoms with Crippen LogP contribution < -0.4 is 40.0 Å². The van der Waals surface area contributed by atoms with Gasteiger partial charge < -0.3 is 15.2 Å². The van der Waals surface area contributed by atoms with E-state index in [0.717, 1.165) is 25.1 Å². The van der Waals surface area contributed by atoms with E-state index in [9.17, 15) is 18.3 Å². The Labute approximate surface area is 223 Å². The summed E-state index contributed by atoms with van der Waals surface area (Å²) in [6.45, 7) is 3.03. The summed E-state index contributed by atoms with van der Waals surface area (Å²) in [7, 11) is -4.15. The van der Waals surface area contributed by atoms with E-state index in [0.29, 0.717) is 5.56 Å². The van der Waals surface area contributed by atoms with Gasteiger partial charge in [0, 0.05) is 17.8 Å². The first kappa shape index (κ1) is 32.4. The van der Waals surface area contributed by atoms with Crippen molar-refractivity contribution in [2.75, 3.05) is 17.6 Å². The van der Waals surface area contributed by atoms with Crippen LogP contribution in [0.2, 0.25) is 0 Å². The van der Waals surface area contributed by atoms with E-state index < -0.39 is 21.8 Å². The molecule has 33 heavy (non-hydrogen) atoms. The van der Waals surface area contributed by atoms with E-state index in [4.69, 9.17) is 4.55 Å². The molecule has 2 N–H and O–H groups in total. The monoisotopic (exact) mass is 491 g/mol. The van der Waals surface area contributed by atoms with Crippen molar-refractivity contribution in [3.8, 4) is 0 Å². The number of aromatic carboxylic acids is 1. The van der Waals surface area contributed by atoms with Gasteiger partial charge in [0.25, 0.3) is 10.1 Å². The molecule has 0 amide bonds. The number of benzene rings is 1. The molecule has 0 bridgehead atoms. The zero-order valence-corrected chi connectivity index (χ0v) is 23.6. The molecule has 0 unspecified atom stereocenters. The van der Waals surface area contributed by atoms with Crippen LogP contribution in [0.4, 0.5) is 5.69 Å². The maximum absolute atomic E-state index is 11.2. The van der Waals surface area contributed by atoms with Crippen LogP contribution in [-0.2, 0) is 16.5 Å². The van der Waals surface area contributed by atoms with Crippen LogP contribution in [-0.4, -0.2) is 31.2 Å². The Kier molecular flexibility index (Phi) is 19.3. The number of carboxylic acids is 1. The summed E-state index contributed by atoms with van der Waals surface area (Å²) in [6.07, 6.45) is 18.2. The molecule has 0 radical (unpaired) electrons. The molecule has 6 nitrogen and oxygen atoms in total. The molecule has 0 aliphatic heterocycles. The van der Waals surface area contributed by atoms with Gasteiger partial charge in [-0.3, -0.25) is 4.55 Å². The van der Waals surface area contributed by atoms with Crippen molar-refractivity contribution >= 4 is 21.8 Å². The summed E-state index contributed by atoms with van der Waals surface area (Å²) in [4.78, 5) is 11.2. The van der Waals surface area contributed by atoms with E-state index >= 15 is 0 Å². The van der Waals surface area contributed by atoms with E-state index in [2.05, 4.69) is 12.2 Å². The Morgan fingerprint density at radius 2 is 1.36 bits per heavy atom. The largest absolute Gasteiger partial charge is 1.00 e. The predicted molar refractivity (Wildman–Crippen MR) is 130 cm³/mol. The number of hydrogen-bond acceptors (Lipinski definition) is 5. The smallest absolute Gasteiger partial charge is 0.545 e. The van der Waals surface area contributed by atoms with Crippen LogP contribution in [0.5, 0.6) is 0 Å². The first-order valence-electron chi connectivity index (χ1n) is 12.4. The number of carboxylic acid groups (broad SMARTS) is 1. The standard InChI is InChI=1S/C25H43NO5S.Na/c1-2-3-4-5-6-7-8-9-10-11-12-13-14-15-19-26-23-16-17-24(25(27)28)22(21-23)18-20-32(29,30)31;/h16-17,21,26H,2-15,18-20H2,1H3,(H,27,28)(H,29,30,31);/q;+1/p-1. The number of carbonyl (C=O) groups is 1. The fourth-order valence-corrected chi connectivity index (χ4v) is 4.38. The third-order valence-electron chi connectivity index (χ3n) is 5.81. The molecule has 0 fully saturated rings. The minimum atomic E-state index is -4.15. The van der Waals surface area contributed by atoms with Gasteiger partial charge in [-0.25, -0.2) is 0 Å². The van der Waals surface area contributed by atoms with Gasteiger partial charge in [0.05, 0.1) is 11.7 Å². The second kappa shape index (κ2) is 19.7. The number of aryl methyl sites for hydroxylation is 1. The maximum Gasteiger partial charge on any atom is 1.00 e. The number of rotatable bonds is 20. The molecule has 0 atom stereocenters. The molecule has 0 saturated heterocycles. The van der Waals surface area contributed by atoms with Crippen molar-refractivity contribution in [1.29, 1.82) is 0 Å². The SMILES string of the molecule is CCCCCCCCCCCCCCCCNc1ccc(C(=O)[O-])c(CCS(=O)(=O)O)c1.[Na+]. The summed E-state index contributed by atoms with van der Waals surface area (Å²) in [5, 5.41) is 14.5. The average molecular weight is 492 g/mol. The summed E-state index contributed by atoms with van der Waals surface area (Å²) < 4.78 is 30.9. The Morgan fingerprint density at radius 1 is 0.879 bits per heavy atom. The van der Waals surface area contributed by atoms with Gasteiger partial charge in [0.2, 0.25) is 0 Å². The van der Waals surface area contributed by atoms with E-state index in [1.807, 2.05) is 0 Å². The Balaban J connectivity index is 0.0000102.